The first-order chi connectivity index (χ1) is 18.5. The SMILES string of the molecule is Cc1cc(OCC(O)CO)nc(NC(=O)N(c2nc(-c3cccc(C(F)(F)F)c3)ccc2N)C2CCCC2)n1. The second kappa shape index (κ2) is 11.8. The number of aliphatic hydroxyl groups excluding tert-OH is 2. The molecule has 3 aromatic rings. The highest BCUT2D eigenvalue weighted by Crippen LogP contribution is 2.35. The molecule has 1 aliphatic carbocycles. The summed E-state index contributed by atoms with van der Waals surface area (Å²) in [6.45, 7) is 0.967. The van der Waals surface area contributed by atoms with Gasteiger partial charge < -0.3 is 20.7 Å². The van der Waals surface area contributed by atoms with E-state index in [0.717, 1.165) is 25.0 Å². The average Bonchev–Trinajstić information content (AvgIpc) is 3.42. The number of halogens is 3. The Morgan fingerprint density at radius 3 is 2.62 bits per heavy atom. The molecule has 1 unspecified atom stereocenters. The molecule has 0 radical (unpaired) electrons. The molecule has 0 saturated heterocycles. The van der Waals surface area contributed by atoms with Crippen LogP contribution in [0.4, 0.5) is 35.4 Å². The zero-order chi connectivity index (χ0) is 28.2. The fourth-order valence-electron chi connectivity index (χ4n) is 4.32. The largest absolute Gasteiger partial charge is 0.475 e. The van der Waals surface area contributed by atoms with Crippen molar-refractivity contribution in [2.45, 2.75) is 50.9 Å². The van der Waals surface area contributed by atoms with E-state index in [4.69, 9.17) is 15.6 Å². The van der Waals surface area contributed by atoms with Gasteiger partial charge in [0.15, 0.2) is 5.82 Å². The number of aromatic nitrogens is 3. The zero-order valence-corrected chi connectivity index (χ0v) is 21.1. The van der Waals surface area contributed by atoms with E-state index in [1.165, 1.54) is 35.2 Å². The third kappa shape index (κ3) is 6.92. The van der Waals surface area contributed by atoms with Crippen molar-refractivity contribution in [3.63, 3.8) is 0 Å². The molecule has 13 heteroatoms. The monoisotopic (exact) mass is 546 g/mol. The molecule has 208 valence electrons. The summed E-state index contributed by atoms with van der Waals surface area (Å²) in [7, 11) is 0. The van der Waals surface area contributed by atoms with Crippen LogP contribution in [-0.4, -0.2) is 56.6 Å². The van der Waals surface area contributed by atoms with E-state index in [0.29, 0.717) is 18.5 Å². The number of carbonyl (C=O) groups is 1. The van der Waals surface area contributed by atoms with Crippen LogP contribution in [0.15, 0.2) is 42.5 Å². The molecular formula is C26H29F3N6O4. The van der Waals surface area contributed by atoms with Gasteiger partial charge in [0.1, 0.15) is 12.7 Å². The summed E-state index contributed by atoms with van der Waals surface area (Å²) < 4.78 is 45.3. The van der Waals surface area contributed by atoms with E-state index in [-0.39, 0.29) is 47.2 Å². The maximum atomic E-state index is 13.6. The third-order valence-electron chi connectivity index (χ3n) is 6.21. The van der Waals surface area contributed by atoms with Crippen LogP contribution in [0.3, 0.4) is 0 Å². The summed E-state index contributed by atoms with van der Waals surface area (Å²) in [6.07, 6.45) is -2.49. The molecule has 0 spiro atoms. The number of urea groups is 1. The van der Waals surface area contributed by atoms with Crippen LogP contribution in [0.25, 0.3) is 11.3 Å². The number of carbonyl (C=O) groups excluding carboxylic acids is 1. The molecule has 1 atom stereocenters. The summed E-state index contributed by atoms with van der Waals surface area (Å²) in [4.78, 5) is 27.9. The first kappa shape index (κ1) is 28.0. The number of benzene rings is 1. The summed E-state index contributed by atoms with van der Waals surface area (Å²) in [5.41, 5.74) is 6.54. The van der Waals surface area contributed by atoms with Crippen molar-refractivity contribution in [3.05, 3.63) is 53.7 Å². The van der Waals surface area contributed by atoms with Crippen molar-refractivity contribution in [1.29, 1.82) is 0 Å². The van der Waals surface area contributed by atoms with Gasteiger partial charge in [-0.3, -0.25) is 10.2 Å². The lowest BCUT2D eigenvalue weighted by Gasteiger charge is -2.29. The number of hydrogen-bond acceptors (Lipinski definition) is 8. The number of aryl methyl sites for hydroxylation is 1. The standard InChI is InChI=1S/C26H29F3N6O4/c1-15-11-22(39-14-19(37)13-36)33-24(31-15)34-25(38)35(18-7-2-3-8-18)23-20(30)9-10-21(32-23)16-5-4-6-17(12-16)26(27,28)29/h4-6,9-12,18-19,36-37H,2-3,7-8,13-14,30H2,1H3,(H,31,33,34,38). The Kier molecular flexibility index (Phi) is 8.51. The molecule has 2 aromatic heterocycles. The summed E-state index contributed by atoms with van der Waals surface area (Å²) in [5, 5.41) is 21.2. The molecule has 0 bridgehead atoms. The van der Waals surface area contributed by atoms with E-state index in [2.05, 4.69) is 20.3 Å². The molecule has 10 nitrogen and oxygen atoms in total. The average molecular weight is 547 g/mol. The van der Waals surface area contributed by atoms with Gasteiger partial charge >= 0.3 is 12.2 Å². The Morgan fingerprint density at radius 2 is 1.92 bits per heavy atom. The second-order valence-corrected chi connectivity index (χ2v) is 9.24. The number of hydrogen-bond donors (Lipinski definition) is 4. The Balaban J connectivity index is 1.66. The van der Waals surface area contributed by atoms with Crippen LogP contribution in [-0.2, 0) is 6.18 Å². The highest BCUT2D eigenvalue weighted by atomic mass is 19.4. The van der Waals surface area contributed by atoms with Gasteiger partial charge in [0.2, 0.25) is 11.8 Å². The predicted octanol–water partition coefficient (Wildman–Crippen LogP) is 4.16. The van der Waals surface area contributed by atoms with Crippen LogP contribution < -0.4 is 20.7 Å². The molecule has 1 saturated carbocycles. The molecule has 2 amide bonds. The normalized spacial score (nSPS) is 14.7. The van der Waals surface area contributed by atoms with Gasteiger partial charge in [0.25, 0.3) is 0 Å². The van der Waals surface area contributed by atoms with Crippen molar-refractivity contribution in [1.82, 2.24) is 15.0 Å². The van der Waals surface area contributed by atoms with Gasteiger partial charge in [-0.05, 0) is 44.0 Å². The Hall–Kier alpha value is -3.97. The minimum atomic E-state index is -4.52. The van der Waals surface area contributed by atoms with Gasteiger partial charge in [-0.2, -0.15) is 18.2 Å². The minimum absolute atomic E-state index is 0.0657. The number of anilines is 3. The number of ether oxygens (including phenoxy) is 1. The van der Waals surface area contributed by atoms with Gasteiger partial charge in [-0.25, -0.2) is 14.8 Å². The highest BCUT2D eigenvalue weighted by molar-refractivity contribution is 6.02. The van der Waals surface area contributed by atoms with Crippen molar-refractivity contribution >= 4 is 23.5 Å². The van der Waals surface area contributed by atoms with E-state index < -0.39 is 30.5 Å². The van der Waals surface area contributed by atoms with Crippen LogP contribution in [0.1, 0.15) is 36.9 Å². The molecule has 39 heavy (non-hydrogen) atoms. The Labute approximate surface area is 222 Å². The topological polar surface area (TPSA) is 147 Å². The Bertz CT molecular complexity index is 1320. The van der Waals surface area contributed by atoms with E-state index in [1.807, 2.05) is 0 Å². The Morgan fingerprint density at radius 1 is 1.18 bits per heavy atom. The quantitative estimate of drug-likeness (QED) is 0.329. The summed E-state index contributed by atoms with van der Waals surface area (Å²) in [5.74, 6) is 0.135. The molecule has 5 N–H and O–H groups in total. The highest BCUT2D eigenvalue weighted by Gasteiger charge is 2.33. The number of pyridine rings is 1. The molecule has 1 aromatic carbocycles. The third-order valence-corrected chi connectivity index (χ3v) is 6.21. The number of amides is 2. The fourth-order valence-corrected chi connectivity index (χ4v) is 4.32. The number of alkyl halides is 3. The number of aliphatic hydroxyl groups is 2. The molecule has 1 aliphatic rings. The van der Waals surface area contributed by atoms with Gasteiger partial charge in [0.05, 0.1) is 23.6 Å². The summed E-state index contributed by atoms with van der Waals surface area (Å²) in [6, 6.07) is 8.43. The van der Waals surface area contributed by atoms with E-state index in [9.17, 15) is 23.1 Å². The summed E-state index contributed by atoms with van der Waals surface area (Å²) >= 11 is 0. The van der Waals surface area contributed by atoms with Gasteiger partial charge in [0, 0.05) is 23.4 Å². The number of nitrogens with two attached hydrogens (primary N) is 1. The second-order valence-electron chi connectivity index (χ2n) is 9.24. The number of rotatable bonds is 8. The van der Waals surface area contributed by atoms with E-state index in [1.54, 1.807) is 6.92 Å². The fraction of sp³-hybridized carbons (Fsp3) is 0.385. The van der Waals surface area contributed by atoms with Crippen LogP contribution >= 0.6 is 0 Å². The van der Waals surface area contributed by atoms with Gasteiger partial charge in [-0.15, -0.1) is 0 Å². The van der Waals surface area contributed by atoms with Crippen molar-refractivity contribution in [2.24, 2.45) is 0 Å². The lowest BCUT2D eigenvalue weighted by molar-refractivity contribution is -0.137. The lowest BCUT2D eigenvalue weighted by Crippen LogP contribution is -2.43. The number of nitrogen functional groups attached to an aromatic ring is 1. The first-order valence-electron chi connectivity index (χ1n) is 12.4. The van der Waals surface area contributed by atoms with Crippen LogP contribution in [0.5, 0.6) is 5.88 Å². The van der Waals surface area contributed by atoms with Gasteiger partial charge in [-0.1, -0.05) is 25.0 Å². The lowest BCUT2D eigenvalue weighted by atomic mass is 10.1. The minimum Gasteiger partial charge on any atom is -0.475 e. The maximum absolute atomic E-state index is 13.6. The predicted molar refractivity (Wildman–Crippen MR) is 138 cm³/mol. The van der Waals surface area contributed by atoms with Crippen LogP contribution in [0, 0.1) is 6.92 Å². The molecular weight excluding hydrogens is 517 g/mol. The number of nitrogens with one attached hydrogen (secondary N) is 1. The smallest absolute Gasteiger partial charge is 0.416 e. The molecule has 4 rings (SSSR count). The first-order valence-corrected chi connectivity index (χ1v) is 12.4. The zero-order valence-electron chi connectivity index (χ0n) is 21.1. The van der Waals surface area contributed by atoms with E-state index >= 15 is 0 Å². The van der Waals surface area contributed by atoms with Crippen LogP contribution in [0.2, 0.25) is 0 Å². The molecule has 2 heterocycles. The van der Waals surface area contributed by atoms with Crippen molar-refractivity contribution in [3.8, 4) is 17.1 Å². The number of nitrogens with zero attached hydrogens (tertiary/aromatic N) is 4. The van der Waals surface area contributed by atoms with Crippen molar-refractivity contribution in [2.75, 3.05) is 29.2 Å². The molecule has 1 fully saturated rings. The maximum Gasteiger partial charge on any atom is 0.416 e. The molecule has 0 aliphatic heterocycles. The van der Waals surface area contributed by atoms with Crippen molar-refractivity contribution < 1.29 is 32.9 Å².